The highest BCUT2D eigenvalue weighted by atomic mass is 16.5. The van der Waals surface area contributed by atoms with E-state index in [-0.39, 0.29) is 5.78 Å². The maximum atomic E-state index is 11.6. The molecule has 0 saturated carbocycles. The Morgan fingerprint density at radius 3 is 2.95 bits per heavy atom. The Balaban J connectivity index is 2.22. The number of ketones is 1. The molecule has 1 aromatic carbocycles. The Morgan fingerprint density at radius 1 is 1.50 bits per heavy atom. The van der Waals surface area contributed by atoms with Gasteiger partial charge in [-0.1, -0.05) is 0 Å². The summed E-state index contributed by atoms with van der Waals surface area (Å²) in [5, 5.41) is 3.39. The quantitative estimate of drug-likeness (QED) is 0.836. The minimum absolute atomic E-state index is 0.0997. The van der Waals surface area contributed by atoms with Gasteiger partial charge in [0.2, 0.25) is 0 Å². The molecule has 1 aromatic rings. The standard InChI is InChI=1S/C16H24N2O2/c1-4-20-16-6-5-14(13(3)19)9-15(16)11-18-8-7-17-10-12(18)2/h5-6,9,12,17H,4,7-8,10-11H2,1-3H3. The summed E-state index contributed by atoms with van der Waals surface area (Å²) in [7, 11) is 0. The van der Waals surface area contributed by atoms with Gasteiger partial charge in [0.05, 0.1) is 6.61 Å². The van der Waals surface area contributed by atoms with E-state index in [0.29, 0.717) is 12.6 Å². The predicted molar refractivity (Wildman–Crippen MR) is 80.4 cm³/mol. The number of benzene rings is 1. The van der Waals surface area contributed by atoms with Crippen molar-refractivity contribution >= 4 is 5.78 Å². The zero-order chi connectivity index (χ0) is 14.5. The number of hydrogen-bond acceptors (Lipinski definition) is 4. The number of carbonyl (C=O) groups is 1. The minimum atomic E-state index is 0.0997. The van der Waals surface area contributed by atoms with Crippen LogP contribution in [0.2, 0.25) is 0 Å². The molecule has 0 radical (unpaired) electrons. The molecule has 1 saturated heterocycles. The SMILES string of the molecule is CCOc1ccc(C(C)=O)cc1CN1CCNCC1C. The molecule has 0 amide bonds. The molecule has 1 atom stereocenters. The van der Waals surface area contributed by atoms with Gasteiger partial charge in [-0.3, -0.25) is 9.69 Å². The second-order valence-electron chi connectivity index (χ2n) is 5.34. The van der Waals surface area contributed by atoms with Gasteiger partial charge in [0, 0.05) is 43.3 Å². The molecule has 1 heterocycles. The van der Waals surface area contributed by atoms with Crippen LogP contribution in [-0.4, -0.2) is 43.0 Å². The van der Waals surface area contributed by atoms with Crippen LogP contribution in [0.5, 0.6) is 5.75 Å². The van der Waals surface area contributed by atoms with Crippen molar-refractivity contribution in [2.24, 2.45) is 0 Å². The molecule has 1 aliphatic rings. The first-order valence-electron chi connectivity index (χ1n) is 7.33. The van der Waals surface area contributed by atoms with E-state index in [0.717, 1.165) is 43.1 Å². The highest BCUT2D eigenvalue weighted by molar-refractivity contribution is 5.94. The van der Waals surface area contributed by atoms with Gasteiger partial charge in [-0.05, 0) is 39.0 Å². The summed E-state index contributed by atoms with van der Waals surface area (Å²) in [6.07, 6.45) is 0. The molecule has 4 heteroatoms. The van der Waals surface area contributed by atoms with Gasteiger partial charge in [-0.15, -0.1) is 0 Å². The monoisotopic (exact) mass is 276 g/mol. The van der Waals surface area contributed by atoms with E-state index in [9.17, 15) is 4.79 Å². The Bertz CT molecular complexity index is 474. The highest BCUT2D eigenvalue weighted by Gasteiger charge is 2.19. The molecule has 1 unspecified atom stereocenters. The zero-order valence-corrected chi connectivity index (χ0v) is 12.6. The van der Waals surface area contributed by atoms with Gasteiger partial charge in [0.1, 0.15) is 5.75 Å². The molecule has 0 spiro atoms. The van der Waals surface area contributed by atoms with E-state index in [2.05, 4.69) is 17.1 Å². The fourth-order valence-electron chi connectivity index (χ4n) is 2.56. The van der Waals surface area contributed by atoms with E-state index in [1.165, 1.54) is 0 Å². The van der Waals surface area contributed by atoms with Gasteiger partial charge in [-0.2, -0.15) is 0 Å². The topological polar surface area (TPSA) is 41.6 Å². The van der Waals surface area contributed by atoms with Crippen LogP contribution < -0.4 is 10.1 Å². The van der Waals surface area contributed by atoms with Crippen molar-refractivity contribution in [1.82, 2.24) is 10.2 Å². The number of piperazine rings is 1. The van der Waals surface area contributed by atoms with Gasteiger partial charge in [0.15, 0.2) is 5.78 Å². The van der Waals surface area contributed by atoms with Crippen molar-refractivity contribution in [3.05, 3.63) is 29.3 Å². The number of rotatable bonds is 5. The van der Waals surface area contributed by atoms with Crippen molar-refractivity contribution in [3.8, 4) is 5.75 Å². The van der Waals surface area contributed by atoms with E-state index in [1.807, 2.05) is 25.1 Å². The number of Topliss-reactive ketones (excluding diaryl/α,β-unsaturated/α-hetero) is 1. The van der Waals surface area contributed by atoms with E-state index in [1.54, 1.807) is 6.92 Å². The molecular formula is C16H24N2O2. The minimum Gasteiger partial charge on any atom is -0.494 e. The summed E-state index contributed by atoms with van der Waals surface area (Å²) in [5.41, 5.74) is 1.86. The van der Waals surface area contributed by atoms with Crippen molar-refractivity contribution in [2.75, 3.05) is 26.2 Å². The van der Waals surface area contributed by atoms with Crippen LogP contribution in [0.4, 0.5) is 0 Å². The lowest BCUT2D eigenvalue weighted by Crippen LogP contribution is -2.49. The number of ether oxygens (including phenoxy) is 1. The molecule has 20 heavy (non-hydrogen) atoms. The first-order valence-corrected chi connectivity index (χ1v) is 7.33. The van der Waals surface area contributed by atoms with Crippen molar-refractivity contribution < 1.29 is 9.53 Å². The normalized spacial score (nSPS) is 19.9. The van der Waals surface area contributed by atoms with Gasteiger partial charge < -0.3 is 10.1 Å². The molecule has 1 fully saturated rings. The fourth-order valence-corrected chi connectivity index (χ4v) is 2.56. The third kappa shape index (κ3) is 3.58. The average Bonchev–Trinajstić information content (AvgIpc) is 2.43. The second-order valence-corrected chi connectivity index (χ2v) is 5.34. The Kier molecular flexibility index (Phi) is 5.15. The molecule has 0 aliphatic carbocycles. The van der Waals surface area contributed by atoms with Gasteiger partial charge in [-0.25, -0.2) is 0 Å². The summed E-state index contributed by atoms with van der Waals surface area (Å²) < 4.78 is 5.69. The highest BCUT2D eigenvalue weighted by Crippen LogP contribution is 2.23. The van der Waals surface area contributed by atoms with Gasteiger partial charge in [0.25, 0.3) is 0 Å². The van der Waals surface area contributed by atoms with E-state index >= 15 is 0 Å². The van der Waals surface area contributed by atoms with Crippen LogP contribution >= 0.6 is 0 Å². The fraction of sp³-hybridized carbons (Fsp3) is 0.562. The maximum Gasteiger partial charge on any atom is 0.159 e. The van der Waals surface area contributed by atoms with Crippen LogP contribution in [0.25, 0.3) is 0 Å². The van der Waals surface area contributed by atoms with Crippen LogP contribution in [0.3, 0.4) is 0 Å². The number of carbonyl (C=O) groups excluding carboxylic acids is 1. The Hall–Kier alpha value is -1.39. The lowest BCUT2D eigenvalue weighted by atomic mass is 10.1. The molecule has 2 rings (SSSR count). The summed E-state index contributed by atoms with van der Waals surface area (Å²) in [6.45, 7) is 10.3. The Labute approximate surface area is 121 Å². The Morgan fingerprint density at radius 2 is 2.30 bits per heavy atom. The molecule has 0 aromatic heterocycles. The van der Waals surface area contributed by atoms with Crippen molar-refractivity contribution in [2.45, 2.75) is 33.4 Å². The first-order chi connectivity index (χ1) is 9.61. The number of nitrogens with one attached hydrogen (secondary N) is 1. The zero-order valence-electron chi connectivity index (χ0n) is 12.6. The summed E-state index contributed by atoms with van der Waals surface area (Å²) >= 11 is 0. The van der Waals surface area contributed by atoms with Crippen LogP contribution in [0, 0.1) is 0 Å². The third-order valence-corrected chi connectivity index (χ3v) is 3.78. The third-order valence-electron chi connectivity index (χ3n) is 3.78. The molecule has 1 N–H and O–H groups in total. The smallest absolute Gasteiger partial charge is 0.159 e. The summed E-state index contributed by atoms with van der Waals surface area (Å²) in [6, 6.07) is 6.24. The second kappa shape index (κ2) is 6.86. The number of hydrogen-bond donors (Lipinski definition) is 1. The van der Waals surface area contributed by atoms with E-state index in [4.69, 9.17) is 4.74 Å². The van der Waals surface area contributed by atoms with Crippen LogP contribution in [0.15, 0.2) is 18.2 Å². The lowest BCUT2D eigenvalue weighted by Gasteiger charge is -2.34. The average molecular weight is 276 g/mol. The van der Waals surface area contributed by atoms with Crippen molar-refractivity contribution in [3.63, 3.8) is 0 Å². The summed E-state index contributed by atoms with van der Waals surface area (Å²) in [5.74, 6) is 0.992. The lowest BCUT2D eigenvalue weighted by molar-refractivity contribution is 0.101. The predicted octanol–water partition coefficient (Wildman–Crippen LogP) is 2.08. The molecule has 4 nitrogen and oxygen atoms in total. The number of nitrogens with zero attached hydrogens (tertiary/aromatic N) is 1. The van der Waals surface area contributed by atoms with Crippen LogP contribution in [0.1, 0.15) is 36.7 Å². The van der Waals surface area contributed by atoms with E-state index < -0.39 is 0 Å². The largest absolute Gasteiger partial charge is 0.494 e. The maximum absolute atomic E-state index is 11.6. The summed E-state index contributed by atoms with van der Waals surface area (Å²) in [4.78, 5) is 14.0. The molecule has 0 bridgehead atoms. The molecular weight excluding hydrogens is 252 g/mol. The molecule has 1 aliphatic heterocycles. The molecule has 110 valence electrons. The van der Waals surface area contributed by atoms with Gasteiger partial charge >= 0.3 is 0 Å². The van der Waals surface area contributed by atoms with Crippen molar-refractivity contribution in [1.29, 1.82) is 0 Å². The van der Waals surface area contributed by atoms with Crippen LogP contribution in [-0.2, 0) is 6.54 Å². The first kappa shape index (κ1) is 15.0.